The molecule has 1 N–H and O–H groups in total. The third-order valence-electron chi connectivity index (χ3n) is 3.07. The van der Waals surface area contributed by atoms with Crippen LogP contribution < -0.4 is 5.32 Å². The molecule has 92 valence electrons. The van der Waals surface area contributed by atoms with Crippen LogP contribution in [0.5, 0.6) is 0 Å². The van der Waals surface area contributed by atoms with Gasteiger partial charge in [0.25, 0.3) is 0 Å². The topological polar surface area (TPSA) is 12.0 Å². The Morgan fingerprint density at radius 2 is 2.00 bits per heavy atom. The number of rotatable bonds is 8. The summed E-state index contributed by atoms with van der Waals surface area (Å²) in [6.45, 7) is 4.49. The van der Waals surface area contributed by atoms with E-state index in [1.165, 1.54) is 41.9 Å². The summed E-state index contributed by atoms with van der Waals surface area (Å²) in [5, 5.41) is 3.44. The highest BCUT2D eigenvalue weighted by Crippen LogP contribution is 2.27. The molecule has 0 fully saturated rings. The highest BCUT2D eigenvalue weighted by molar-refractivity contribution is 7.12. The lowest BCUT2D eigenvalue weighted by Gasteiger charge is -2.14. The molecule has 1 atom stereocenters. The predicted molar refractivity (Wildman–Crippen MR) is 74.3 cm³/mol. The van der Waals surface area contributed by atoms with Crippen molar-refractivity contribution in [2.24, 2.45) is 0 Å². The number of aryl methyl sites for hydroxylation is 1. The van der Waals surface area contributed by atoms with Crippen LogP contribution in [0.2, 0.25) is 0 Å². The van der Waals surface area contributed by atoms with Crippen molar-refractivity contribution in [2.75, 3.05) is 7.05 Å². The molecule has 0 spiro atoms. The van der Waals surface area contributed by atoms with E-state index in [9.17, 15) is 0 Å². The molecule has 0 bridgehead atoms. The second kappa shape index (κ2) is 7.86. The molecule has 16 heavy (non-hydrogen) atoms. The Labute approximate surface area is 104 Å². The molecule has 1 aromatic rings. The van der Waals surface area contributed by atoms with E-state index < -0.39 is 0 Å². The highest BCUT2D eigenvalue weighted by atomic mass is 32.1. The average molecular weight is 239 g/mol. The maximum atomic E-state index is 3.44. The zero-order valence-corrected chi connectivity index (χ0v) is 11.7. The molecule has 2 heteroatoms. The van der Waals surface area contributed by atoms with E-state index in [2.05, 4.69) is 38.3 Å². The first-order valence-corrected chi connectivity index (χ1v) is 7.39. The highest BCUT2D eigenvalue weighted by Gasteiger charge is 2.10. The second-order valence-corrected chi connectivity index (χ2v) is 5.55. The smallest absolute Gasteiger partial charge is 0.0412 e. The van der Waals surface area contributed by atoms with Gasteiger partial charge in [-0.1, -0.05) is 39.5 Å². The lowest BCUT2D eigenvalue weighted by atomic mass is 10.1. The third kappa shape index (κ3) is 4.26. The summed E-state index contributed by atoms with van der Waals surface area (Å²) in [6, 6.07) is 5.14. The molecular weight excluding hydrogens is 214 g/mol. The van der Waals surface area contributed by atoms with Crippen molar-refractivity contribution in [1.82, 2.24) is 5.32 Å². The lowest BCUT2D eigenvalue weighted by molar-refractivity contribution is 0.511. The van der Waals surface area contributed by atoms with Gasteiger partial charge in [-0.15, -0.1) is 11.3 Å². The van der Waals surface area contributed by atoms with Crippen LogP contribution in [0.4, 0.5) is 0 Å². The maximum absolute atomic E-state index is 3.44. The summed E-state index contributed by atoms with van der Waals surface area (Å²) in [4.78, 5) is 3.01. The van der Waals surface area contributed by atoms with Gasteiger partial charge in [0, 0.05) is 15.8 Å². The number of hydrogen-bond acceptors (Lipinski definition) is 2. The van der Waals surface area contributed by atoms with Gasteiger partial charge in [-0.3, -0.25) is 0 Å². The summed E-state index contributed by atoms with van der Waals surface area (Å²) in [5.74, 6) is 0. The molecule has 0 amide bonds. The SMILES string of the molecule is CCCCCCC(NC)c1ccc(CC)s1. The Morgan fingerprint density at radius 3 is 2.56 bits per heavy atom. The first-order chi connectivity index (χ1) is 7.81. The molecule has 0 saturated heterocycles. The first-order valence-electron chi connectivity index (χ1n) is 6.57. The van der Waals surface area contributed by atoms with Crippen molar-refractivity contribution < 1.29 is 0 Å². The van der Waals surface area contributed by atoms with Crippen molar-refractivity contribution in [3.8, 4) is 0 Å². The zero-order chi connectivity index (χ0) is 11.8. The minimum atomic E-state index is 0.571. The quantitative estimate of drug-likeness (QED) is 0.657. The van der Waals surface area contributed by atoms with Gasteiger partial charge in [0.15, 0.2) is 0 Å². The molecule has 1 aromatic heterocycles. The third-order valence-corrected chi connectivity index (χ3v) is 4.41. The van der Waals surface area contributed by atoms with Crippen molar-refractivity contribution in [3.63, 3.8) is 0 Å². The molecule has 0 radical (unpaired) electrons. The van der Waals surface area contributed by atoms with E-state index in [1.54, 1.807) is 0 Å². The van der Waals surface area contributed by atoms with Crippen LogP contribution in [-0.4, -0.2) is 7.05 Å². The van der Waals surface area contributed by atoms with Crippen LogP contribution in [0.15, 0.2) is 12.1 Å². The maximum Gasteiger partial charge on any atom is 0.0412 e. The zero-order valence-electron chi connectivity index (χ0n) is 10.9. The molecule has 0 aliphatic carbocycles. The van der Waals surface area contributed by atoms with Gasteiger partial charge in [-0.25, -0.2) is 0 Å². The van der Waals surface area contributed by atoms with Crippen LogP contribution in [0, 0.1) is 0 Å². The molecule has 0 aromatic carbocycles. The van der Waals surface area contributed by atoms with E-state index in [-0.39, 0.29) is 0 Å². The summed E-state index contributed by atoms with van der Waals surface area (Å²) >= 11 is 1.97. The Balaban J connectivity index is 2.40. The summed E-state index contributed by atoms with van der Waals surface area (Å²) in [6.07, 6.45) is 7.86. The Hall–Kier alpha value is -0.340. The van der Waals surface area contributed by atoms with Gasteiger partial charge < -0.3 is 5.32 Å². The number of unbranched alkanes of at least 4 members (excludes halogenated alkanes) is 3. The van der Waals surface area contributed by atoms with E-state index >= 15 is 0 Å². The largest absolute Gasteiger partial charge is 0.312 e. The van der Waals surface area contributed by atoms with Crippen LogP contribution >= 0.6 is 11.3 Å². The van der Waals surface area contributed by atoms with Crippen molar-refractivity contribution in [3.05, 3.63) is 21.9 Å². The fourth-order valence-electron chi connectivity index (χ4n) is 1.98. The van der Waals surface area contributed by atoms with Gasteiger partial charge in [0.2, 0.25) is 0 Å². The fourth-order valence-corrected chi connectivity index (χ4v) is 3.07. The van der Waals surface area contributed by atoms with Crippen LogP contribution in [-0.2, 0) is 6.42 Å². The van der Waals surface area contributed by atoms with Crippen molar-refractivity contribution in [2.45, 2.75) is 58.4 Å². The van der Waals surface area contributed by atoms with Gasteiger partial charge in [0.05, 0.1) is 0 Å². The Kier molecular flexibility index (Phi) is 6.74. The van der Waals surface area contributed by atoms with Gasteiger partial charge in [0.1, 0.15) is 0 Å². The molecule has 1 heterocycles. The molecule has 1 nitrogen and oxygen atoms in total. The minimum Gasteiger partial charge on any atom is -0.312 e. The average Bonchev–Trinajstić information content (AvgIpc) is 2.78. The molecule has 0 aliphatic heterocycles. The van der Waals surface area contributed by atoms with Crippen LogP contribution in [0.25, 0.3) is 0 Å². The predicted octanol–water partition coefficient (Wildman–Crippen LogP) is 4.54. The monoisotopic (exact) mass is 239 g/mol. The van der Waals surface area contributed by atoms with Gasteiger partial charge in [-0.2, -0.15) is 0 Å². The molecule has 1 rings (SSSR count). The summed E-state index contributed by atoms with van der Waals surface area (Å²) in [7, 11) is 2.08. The van der Waals surface area contributed by atoms with E-state index in [0.29, 0.717) is 6.04 Å². The molecule has 0 aliphatic rings. The summed E-state index contributed by atoms with van der Waals surface area (Å²) < 4.78 is 0. The second-order valence-electron chi connectivity index (χ2n) is 4.35. The minimum absolute atomic E-state index is 0.571. The molecular formula is C14H25NS. The molecule has 0 saturated carbocycles. The van der Waals surface area contributed by atoms with Gasteiger partial charge in [-0.05, 0) is 32.0 Å². The van der Waals surface area contributed by atoms with E-state index in [0.717, 1.165) is 6.42 Å². The van der Waals surface area contributed by atoms with Gasteiger partial charge >= 0.3 is 0 Å². The number of nitrogens with one attached hydrogen (secondary N) is 1. The standard InChI is InChI=1S/C14H25NS/c1-4-6-7-8-9-13(15-3)14-11-10-12(5-2)16-14/h10-11,13,15H,4-9H2,1-3H3. The van der Waals surface area contributed by atoms with Crippen LogP contribution in [0.3, 0.4) is 0 Å². The van der Waals surface area contributed by atoms with E-state index in [4.69, 9.17) is 0 Å². The Morgan fingerprint density at radius 1 is 1.19 bits per heavy atom. The molecule has 1 unspecified atom stereocenters. The van der Waals surface area contributed by atoms with Crippen molar-refractivity contribution >= 4 is 11.3 Å². The normalized spacial score (nSPS) is 12.9. The fraction of sp³-hybridized carbons (Fsp3) is 0.714. The van der Waals surface area contributed by atoms with Crippen molar-refractivity contribution in [1.29, 1.82) is 0 Å². The summed E-state index contributed by atoms with van der Waals surface area (Å²) in [5.41, 5.74) is 0. The first kappa shape index (κ1) is 13.7. The Bertz CT molecular complexity index is 280. The van der Waals surface area contributed by atoms with E-state index in [1.807, 2.05) is 11.3 Å². The number of hydrogen-bond donors (Lipinski definition) is 1. The van der Waals surface area contributed by atoms with Crippen LogP contribution in [0.1, 0.15) is 61.7 Å². The number of thiophene rings is 1. The lowest BCUT2D eigenvalue weighted by Crippen LogP contribution is -2.14.